The van der Waals surface area contributed by atoms with Gasteiger partial charge in [0.15, 0.2) is 5.69 Å². The van der Waals surface area contributed by atoms with E-state index in [-0.39, 0.29) is 28.4 Å². The Morgan fingerprint density at radius 1 is 1.07 bits per heavy atom. The van der Waals surface area contributed by atoms with Crippen molar-refractivity contribution >= 4 is 52.0 Å². The average Bonchev–Trinajstić information content (AvgIpc) is 2.96. The highest BCUT2D eigenvalue weighted by Crippen LogP contribution is 2.28. The molecule has 0 bridgehead atoms. The van der Waals surface area contributed by atoms with Gasteiger partial charge in [-0.1, -0.05) is 29.6 Å². The molecular formula is C29H35ClN8O2S. The summed E-state index contributed by atoms with van der Waals surface area (Å²) >= 11 is 7.16. The van der Waals surface area contributed by atoms with Crippen LogP contribution in [0.2, 0.25) is 5.15 Å². The van der Waals surface area contributed by atoms with Crippen molar-refractivity contribution in [1.29, 1.82) is 0 Å². The number of pyridine rings is 1. The highest BCUT2D eigenvalue weighted by molar-refractivity contribution is 7.97. The molecule has 4 aromatic rings. The zero-order valence-corrected chi connectivity index (χ0v) is 25.5. The van der Waals surface area contributed by atoms with E-state index in [0.717, 1.165) is 35.9 Å². The largest absolute Gasteiger partial charge is 0.377 e. The first-order valence-electron chi connectivity index (χ1n) is 13.4. The summed E-state index contributed by atoms with van der Waals surface area (Å²) in [5, 5.41) is 4.10. The van der Waals surface area contributed by atoms with Gasteiger partial charge >= 0.3 is 0 Å². The molecule has 1 aliphatic rings. The number of hydrogen-bond acceptors (Lipinski definition) is 9. The van der Waals surface area contributed by atoms with Gasteiger partial charge in [0.1, 0.15) is 5.15 Å². The Kier molecular flexibility index (Phi) is 10.2. The van der Waals surface area contributed by atoms with Crippen molar-refractivity contribution in [2.45, 2.75) is 46.1 Å². The van der Waals surface area contributed by atoms with Crippen LogP contribution in [0.3, 0.4) is 0 Å². The number of benzene rings is 1. The molecule has 41 heavy (non-hydrogen) atoms. The molecule has 1 saturated heterocycles. The summed E-state index contributed by atoms with van der Waals surface area (Å²) in [5.41, 5.74) is 4.14. The maximum absolute atomic E-state index is 12.5. The third kappa shape index (κ3) is 7.53. The van der Waals surface area contributed by atoms with E-state index < -0.39 is 0 Å². The zero-order chi connectivity index (χ0) is 29.5. The SMILES string of the molecule is CSNC(=O)c1nc(Cl)ccc1NC(C)c1cc(C)cc2c(=O)n(C)cnc12.Cc1ccnc(N2CCCCC2)n1. The number of aryl methyl sites for hydroxylation is 3. The lowest BCUT2D eigenvalue weighted by atomic mass is 10.0. The minimum Gasteiger partial charge on any atom is -0.377 e. The third-order valence-corrected chi connectivity index (χ3v) is 7.33. The molecule has 0 spiro atoms. The van der Waals surface area contributed by atoms with E-state index in [4.69, 9.17) is 11.6 Å². The van der Waals surface area contributed by atoms with Crippen molar-refractivity contribution in [3.05, 3.63) is 80.9 Å². The zero-order valence-electron chi connectivity index (χ0n) is 23.9. The number of halogens is 1. The molecule has 0 aliphatic carbocycles. The molecule has 5 rings (SSSR count). The molecule has 1 unspecified atom stereocenters. The normalized spacial score (nSPS) is 13.8. The lowest BCUT2D eigenvalue weighted by molar-refractivity contribution is 0.0980. The quantitative estimate of drug-likeness (QED) is 0.228. The first kappa shape index (κ1) is 30.3. The summed E-state index contributed by atoms with van der Waals surface area (Å²) in [4.78, 5) is 44.4. The molecule has 1 aromatic carbocycles. The fourth-order valence-corrected chi connectivity index (χ4v) is 5.12. The van der Waals surface area contributed by atoms with Crippen LogP contribution >= 0.6 is 23.5 Å². The van der Waals surface area contributed by atoms with Crippen molar-refractivity contribution < 1.29 is 4.79 Å². The summed E-state index contributed by atoms with van der Waals surface area (Å²) < 4.78 is 4.11. The molecule has 1 aliphatic heterocycles. The van der Waals surface area contributed by atoms with Crippen LogP contribution in [-0.4, -0.2) is 49.8 Å². The predicted molar refractivity (Wildman–Crippen MR) is 167 cm³/mol. The molecule has 0 radical (unpaired) electrons. The maximum atomic E-state index is 12.5. The van der Waals surface area contributed by atoms with Crippen LogP contribution in [0.15, 0.2) is 47.7 Å². The highest BCUT2D eigenvalue weighted by atomic mass is 35.5. The number of amides is 1. The van der Waals surface area contributed by atoms with Crippen molar-refractivity contribution in [3.63, 3.8) is 0 Å². The first-order valence-corrected chi connectivity index (χ1v) is 15.0. The van der Waals surface area contributed by atoms with Crippen LogP contribution in [-0.2, 0) is 7.05 Å². The molecule has 10 nitrogen and oxygen atoms in total. The fraction of sp³-hybridized carbons (Fsp3) is 0.379. The summed E-state index contributed by atoms with van der Waals surface area (Å²) in [5.74, 6) is 0.561. The van der Waals surface area contributed by atoms with Gasteiger partial charge in [-0.25, -0.2) is 19.9 Å². The van der Waals surface area contributed by atoms with E-state index in [1.807, 2.05) is 45.2 Å². The Labute approximate surface area is 249 Å². The van der Waals surface area contributed by atoms with E-state index in [9.17, 15) is 9.59 Å². The first-order chi connectivity index (χ1) is 19.7. The number of anilines is 2. The highest BCUT2D eigenvalue weighted by Gasteiger charge is 2.19. The van der Waals surface area contributed by atoms with Gasteiger partial charge in [0.2, 0.25) is 5.95 Å². The van der Waals surface area contributed by atoms with Gasteiger partial charge in [0.25, 0.3) is 11.5 Å². The average molecular weight is 595 g/mol. The molecule has 0 saturated carbocycles. The number of carbonyl (C=O) groups excluding carboxylic acids is 1. The molecule has 1 atom stereocenters. The van der Waals surface area contributed by atoms with Crippen LogP contribution in [0.4, 0.5) is 11.6 Å². The number of nitrogens with one attached hydrogen (secondary N) is 2. The number of rotatable bonds is 6. The van der Waals surface area contributed by atoms with Gasteiger partial charge < -0.3 is 14.8 Å². The number of aromatic nitrogens is 5. The molecule has 3 aromatic heterocycles. The Morgan fingerprint density at radius 3 is 2.54 bits per heavy atom. The molecule has 4 heterocycles. The molecular weight excluding hydrogens is 560 g/mol. The monoisotopic (exact) mass is 594 g/mol. The van der Waals surface area contributed by atoms with E-state index in [0.29, 0.717) is 16.6 Å². The predicted octanol–water partition coefficient (Wildman–Crippen LogP) is 5.25. The van der Waals surface area contributed by atoms with Crippen LogP contribution in [0.25, 0.3) is 10.9 Å². The van der Waals surface area contributed by atoms with Crippen LogP contribution in [0, 0.1) is 13.8 Å². The van der Waals surface area contributed by atoms with Gasteiger partial charge in [-0.3, -0.25) is 14.3 Å². The van der Waals surface area contributed by atoms with Crippen LogP contribution < -0.4 is 20.5 Å². The minimum atomic E-state index is -0.342. The lowest BCUT2D eigenvalue weighted by Gasteiger charge is -2.26. The van der Waals surface area contributed by atoms with Crippen molar-refractivity contribution in [2.24, 2.45) is 7.05 Å². The lowest BCUT2D eigenvalue weighted by Crippen LogP contribution is -2.31. The van der Waals surface area contributed by atoms with Crippen molar-refractivity contribution in [1.82, 2.24) is 29.2 Å². The van der Waals surface area contributed by atoms with E-state index >= 15 is 0 Å². The molecule has 2 N–H and O–H groups in total. The number of nitrogens with zero attached hydrogens (tertiary/aromatic N) is 6. The van der Waals surface area contributed by atoms with Crippen LogP contribution in [0.5, 0.6) is 0 Å². The number of fused-ring (bicyclic) bond motifs is 1. The number of piperidine rings is 1. The summed E-state index contributed by atoms with van der Waals surface area (Å²) in [6, 6.07) is 8.86. The Morgan fingerprint density at radius 2 is 1.83 bits per heavy atom. The Hall–Kier alpha value is -3.70. The maximum Gasteiger partial charge on any atom is 0.281 e. The molecule has 12 heteroatoms. The van der Waals surface area contributed by atoms with Gasteiger partial charge in [-0.2, -0.15) is 0 Å². The Balaban J connectivity index is 0.000000247. The van der Waals surface area contributed by atoms with Gasteiger partial charge in [-0.05, 0) is 69.9 Å². The minimum absolute atomic E-state index is 0.102. The van der Waals surface area contributed by atoms with Crippen molar-refractivity contribution in [3.8, 4) is 0 Å². The smallest absolute Gasteiger partial charge is 0.281 e. The molecule has 1 amide bonds. The van der Waals surface area contributed by atoms with Crippen LogP contribution in [0.1, 0.15) is 59.5 Å². The third-order valence-electron chi connectivity index (χ3n) is 6.73. The van der Waals surface area contributed by atoms with Gasteiger partial charge in [0, 0.05) is 43.8 Å². The Bertz CT molecular complexity index is 1590. The molecule has 216 valence electrons. The van der Waals surface area contributed by atoms with E-state index in [1.165, 1.54) is 42.1 Å². The van der Waals surface area contributed by atoms with Gasteiger partial charge in [-0.15, -0.1) is 0 Å². The topological polar surface area (TPSA) is 118 Å². The summed E-state index contributed by atoms with van der Waals surface area (Å²) in [6.45, 7) is 8.11. The van der Waals surface area contributed by atoms with Gasteiger partial charge in [0.05, 0.1) is 29.0 Å². The number of carbonyl (C=O) groups is 1. The van der Waals surface area contributed by atoms with E-state index in [2.05, 4.69) is 34.9 Å². The molecule has 1 fully saturated rings. The summed E-state index contributed by atoms with van der Waals surface area (Å²) in [7, 11) is 1.68. The standard InChI is InChI=1S/C19H20ClN5O2S.C10H15N3/c1-10-7-12(16-13(8-10)19(27)25(3)9-21-16)11(2)22-14-5-6-15(20)23-17(14)18(26)24-28-4;1-9-5-6-11-10(12-9)13-7-3-2-4-8-13/h5-9,11,22H,1-4H3,(H,24,26);5-6H,2-4,7-8H2,1H3. The second-order valence-corrected chi connectivity index (χ2v) is 11.0. The fourth-order valence-electron chi connectivity index (χ4n) is 4.69. The second kappa shape index (κ2) is 13.8. The summed E-state index contributed by atoms with van der Waals surface area (Å²) in [6.07, 6.45) is 9.00. The van der Waals surface area contributed by atoms with Crippen molar-refractivity contribution in [2.75, 3.05) is 29.6 Å². The second-order valence-electron chi connectivity index (χ2n) is 9.99. The number of hydrogen-bond donors (Lipinski definition) is 2. The van der Waals surface area contributed by atoms with E-state index in [1.54, 1.807) is 25.4 Å².